The van der Waals surface area contributed by atoms with E-state index >= 15 is 0 Å². The fraction of sp³-hybridized carbons (Fsp3) is 1.00. The van der Waals surface area contributed by atoms with E-state index in [0.717, 1.165) is 19.3 Å². The molecule has 2 atom stereocenters. The maximum absolute atomic E-state index is 11.3. The Kier molecular flexibility index (Phi) is 15.1. The van der Waals surface area contributed by atoms with Gasteiger partial charge in [-0.3, -0.25) is 4.55 Å². The second kappa shape index (κ2) is 15.2. The Bertz CT molecular complexity index is 368. The molecule has 0 spiro atoms. The first-order valence-electron chi connectivity index (χ1n) is 10.1. The molecule has 0 aromatic rings. The van der Waals surface area contributed by atoms with Gasteiger partial charge in [-0.1, -0.05) is 97.3 Å². The van der Waals surface area contributed by atoms with Gasteiger partial charge in [-0.2, -0.15) is 8.42 Å². The van der Waals surface area contributed by atoms with E-state index in [-0.39, 0.29) is 0 Å². The fourth-order valence-corrected chi connectivity index (χ4v) is 4.22. The Morgan fingerprint density at radius 2 is 1.08 bits per heavy atom. The zero-order valence-electron chi connectivity index (χ0n) is 15.9. The maximum atomic E-state index is 11.3. The van der Waals surface area contributed by atoms with Crippen molar-refractivity contribution in [2.24, 2.45) is 0 Å². The lowest BCUT2D eigenvalue weighted by Gasteiger charge is -2.18. The van der Waals surface area contributed by atoms with Crippen LogP contribution in [0.4, 0.5) is 0 Å². The van der Waals surface area contributed by atoms with Gasteiger partial charge in [0.1, 0.15) is 5.25 Å². The van der Waals surface area contributed by atoms with Crippen molar-refractivity contribution in [1.29, 1.82) is 0 Å². The van der Waals surface area contributed by atoms with Crippen LogP contribution >= 0.6 is 0 Å². The van der Waals surface area contributed by atoms with Crippen LogP contribution in [0.5, 0.6) is 0 Å². The van der Waals surface area contributed by atoms with Crippen LogP contribution in [0.2, 0.25) is 0 Å². The summed E-state index contributed by atoms with van der Waals surface area (Å²) in [5.74, 6) is 0. The molecule has 0 rings (SSSR count). The summed E-state index contributed by atoms with van der Waals surface area (Å²) in [5, 5.41) is 8.69. The standard InChI is InChI=1S/C19H40O4S/c1-3-5-6-7-8-9-10-11-12-13-14-15-16-17-19(18(20)4-2)24(21,22)23/h18-20H,3-17H2,1-2H3,(H,21,22,23). The lowest BCUT2D eigenvalue weighted by molar-refractivity contribution is 0.155. The highest BCUT2D eigenvalue weighted by molar-refractivity contribution is 7.86. The first-order chi connectivity index (χ1) is 11.4. The van der Waals surface area contributed by atoms with E-state index < -0.39 is 21.5 Å². The third-order valence-electron chi connectivity index (χ3n) is 4.82. The highest BCUT2D eigenvalue weighted by Gasteiger charge is 2.29. The molecule has 0 aliphatic carbocycles. The monoisotopic (exact) mass is 364 g/mol. The van der Waals surface area contributed by atoms with Crippen molar-refractivity contribution in [2.75, 3.05) is 0 Å². The Hall–Kier alpha value is -0.130. The van der Waals surface area contributed by atoms with E-state index in [1.54, 1.807) is 6.92 Å². The molecule has 0 aromatic carbocycles. The van der Waals surface area contributed by atoms with E-state index in [2.05, 4.69) is 6.92 Å². The van der Waals surface area contributed by atoms with Crippen molar-refractivity contribution in [2.45, 2.75) is 122 Å². The molecule has 2 unspecified atom stereocenters. The van der Waals surface area contributed by atoms with Crippen LogP contribution in [0.15, 0.2) is 0 Å². The van der Waals surface area contributed by atoms with E-state index in [0.29, 0.717) is 12.8 Å². The number of hydrogen-bond acceptors (Lipinski definition) is 3. The third-order valence-corrected chi connectivity index (χ3v) is 6.14. The molecular weight excluding hydrogens is 324 g/mol. The minimum atomic E-state index is -4.14. The zero-order valence-corrected chi connectivity index (χ0v) is 16.7. The van der Waals surface area contributed by atoms with Gasteiger partial charge in [-0.05, 0) is 12.8 Å². The minimum absolute atomic E-state index is 0.350. The topological polar surface area (TPSA) is 74.6 Å². The molecule has 0 saturated heterocycles. The minimum Gasteiger partial charge on any atom is -0.392 e. The SMILES string of the molecule is CCCCCCCCCCCCCCCC(C(O)CC)S(=O)(=O)O. The molecule has 0 heterocycles. The van der Waals surface area contributed by atoms with Gasteiger partial charge in [0.2, 0.25) is 0 Å². The molecule has 2 N–H and O–H groups in total. The largest absolute Gasteiger partial charge is 0.392 e. The number of rotatable bonds is 17. The molecule has 0 aromatic heterocycles. The number of aliphatic hydroxyl groups is 1. The van der Waals surface area contributed by atoms with E-state index in [1.807, 2.05) is 0 Å². The molecule has 146 valence electrons. The van der Waals surface area contributed by atoms with Crippen LogP contribution in [0.25, 0.3) is 0 Å². The van der Waals surface area contributed by atoms with Gasteiger partial charge in [0.05, 0.1) is 6.10 Å². The smallest absolute Gasteiger partial charge is 0.270 e. The van der Waals surface area contributed by atoms with Crippen LogP contribution < -0.4 is 0 Å². The van der Waals surface area contributed by atoms with E-state index in [9.17, 15) is 18.1 Å². The Morgan fingerprint density at radius 1 is 0.708 bits per heavy atom. The molecule has 0 radical (unpaired) electrons. The van der Waals surface area contributed by atoms with E-state index in [1.165, 1.54) is 64.2 Å². The summed E-state index contributed by atoms with van der Waals surface area (Å²) in [6.45, 7) is 3.97. The van der Waals surface area contributed by atoms with Gasteiger partial charge >= 0.3 is 0 Å². The van der Waals surface area contributed by atoms with Gasteiger partial charge in [0.25, 0.3) is 10.1 Å². The summed E-state index contributed by atoms with van der Waals surface area (Å²) in [7, 11) is -4.14. The predicted octanol–water partition coefficient (Wildman–Crippen LogP) is 5.50. The van der Waals surface area contributed by atoms with Crippen LogP contribution in [0.1, 0.15) is 110 Å². The molecule has 4 nitrogen and oxygen atoms in total. The van der Waals surface area contributed by atoms with Crippen molar-refractivity contribution >= 4 is 10.1 Å². The van der Waals surface area contributed by atoms with Gasteiger partial charge in [-0.25, -0.2) is 0 Å². The van der Waals surface area contributed by atoms with Crippen molar-refractivity contribution < 1.29 is 18.1 Å². The van der Waals surface area contributed by atoms with E-state index in [4.69, 9.17) is 0 Å². The molecule has 0 aliphatic rings. The van der Waals surface area contributed by atoms with Crippen LogP contribution in [-0.2, 0) is 10.1 Å². The fourth-order valence-electron chi connectivity index (χ4n) is 3.17. The Morgan fingerprint density at radius 3 is 1.42 bits per heavy atom. The highest BCUT2D eigenvalue weighted by Crippen LogP contribution is 2.18. The molecule has 0 amide bonds. The number of hydrogen-bond donors (Lipinski definition) is 2. The molecular formula is C19H40O4S. The zero-order chi connectivity index (χ0) is 18.3. The van der Waals surface area contributed by atoms with Crippen molar-refractivity contribution in [3.05, 3.63) is 0 Å². The van der Waals surface area contributed by atoms with Crippen molar-refractivity contribution in [3.8, 4) is 0 Å². The van der Waals surface area contributed by atoms with Crippen molar-refractivity contribution in [3.63, 3.8) is 0 Å². The molecule has 24 heavy (non-hydrogen) atoms. The maximum Gasteiger partial charge on any atom is 0.270 e. The summed E-state index contributed by atoms with van der Waals surface area (Å²) >= 11 is 0. The van der Waals surface area contributed by atoms with Crippen LogP contribution in [-0.4, -0.2) is 29.4 Å². The molecule has 0 aliphatic heterocycles. The van der Waals surface area contributed by atoms with Crippen LogP contribution in [0.3, 0.4) is 0 Å². The first kappa shape index (κ1) is 23.9. The van der Waals surface area contributed by atoms with Gasteiger partial charge in [0.15, 0.2) is 0 Å². The highest BCUT2D eigenvalue weighted by atomic mass is 32.2. The number of aliphatic hydroxyl groups excluding tert-OH is 1. The van der Waals surface area contributed by atoms with Crippen molar-refractivity contribution in [1.82, 2.24) is 0 Å². The molecule has 0 saturated carbocycles. The molecule has 5 heteroatoms. The van der Waals surface area contributed by atoms with Gasteiger partial charge < -0.3 is 5.11 Å². The average molecular weight is 365 g/mol. The molecule has 0 fully saturated rings. The predicted molar refractivity (Wildman–Crippen MR) is 102 cm³/mol. The summed E-state index contributed by atoms with van der Waals surface area (Å²) < 4.78 is 31.7. The second-order valence-electron chi connectivity index (χ2n) is 7.06. The van der Waals surface area contributed by atoms with Gasteiger partial charge in [0, 0.05) is 0 Å². The third kappa shape index (κ3) is 13.2. The lowest BCUT2D eigenvalue weighted by atomic mass is 10.0. The Labute approximate surface area is 150 Å². The van der Waals surface area contributed by atoms with Gasteiger partial charge in [-0.15, -0.1) is 0 Å². The first-order valence-corrected chi connectivity index (χ1v) is 11.6. The average Bonchev–Trinajstić information content (AvgIpc) is 2.53. The summed E-state index contributed by atoms with van der Waals surface area (Å²) in [6.07, 6.45) is 15.8. The second-order valence-corrected chi connectivity index (χ2v) is 8.70. The normalized spacial score (nSPS) is 14.7. The lowest BCUT2D eigenvalue weighted by Crippen LogP contribution is -2.33. The summed E-state index contributed by atoms with van der Waals surface area (Å²) in [5.41, 5.74) is 0. The quantitative estimate of drug-likeness (QED) is 0.264. The summed E-state index contributed by atoms with van der Waals surface area (Å²) in [4.78, 5) is 0. The Balaban J connectivity index is 3.50. The molecule has 0 bridgehead atoms. The van der Waals surface area contributed by atoms with Crippen LogP contribution in [0, 0.1) is 0 Å². The number of unbranched alkanes of at least 4 members (excludes halogenated alkanes) is 12. The summed E-state index contributed by atoms with van der Waals surface area (Å²) in [6, 6.07) is 0.